The number of hydrogen-bond acceptors (Lipinski definition) is 10. The fourth-order valence-corrected chi connectivity index (χ4v) is 4.02. The quantitative estimate of drug-likeness (QED) is 0.0975. The summed E-state index contributed by atoms with van der Waals surface area (Å²) in [6.45, 7) is 0.656. The van der Waals surface area contributed by atoms with Crippen molar-refractivity contribution in [2.24, 2.45) is 0 Å². The number of benzene rings is 2. The lowest BCUT2D eigenvalue weighted by Crippen LogP contribution is -2.17. The SMILES string of the molecule is Nc1nc(NCCNc2ncc(NC(=O)c3cccc(C(=O)O)c3)c(-c3ccc(Cl)cc3Cl)n2)ccc1[N+](=O)[O-]. The van der Waals surface area contributed by atoms with Crippen molar-refractivity contribution in [1.82, 2.24) is 15.0 Å². The molecule has 13 nitrogen and oxygen atoms in total. The van der Waals surface area contributed by atoms with Gasteiger partial charge >= 0.3 is 11.7 Å². The number of nitrogen functional groups attached to an aromatic ring is 1. The van der Waals surface area contributed by atoms with Crippen LogP contribution in [0.3, 0.4) is 0 Å². The first-order valence-electron chi connectivity index (χ1n) is 11.5. The second-order valence-corrected chi connectivity index (χ2v) is 8.98. The molecule has 0 bridgehead atoms. The number of carboxylic acid groups (broad SMARTS) is 1. The molecule has 2 heterocycles. The molecular formula is C25H20Cl2N8O5. The van der Waals surface area contributed by atoms with E-state index in [1.54, 1.807) is 12.1 Å². The highest BCUT2D eigenvalue weighted by atomic mass is 35.5. The number of aromatic carboxylic acids is 1. The molecule has 6 N–H and O–H groups in total. The number of halogens is 2. The van der Waals surface area contributed by atoms with Crippen molar-refractivity contribution in [3.63, 3.8) is 0 Å². The summed E-state index contributed by atoms with van der Waals surface area (Å²) in [7, 11) is 0. The van der Waals surface area contributed by atoms with Crippen LogP contribution in [0.2, 0.25) is 10.0 Å². The molecule has 40 heavy (non-hydrogen) atoms. The fourth-order valence-electron chi connectivity index (χ4n) is 3.52. The van der Waals surface area contributed by atoms with Crippen molar-refractivity contribution in [3.05, 3.63) is 92.1 Å². The largest absolute Gasteiger partial charge is 0.478 e. The van der Waals surface area contributed by atoms with Crippen LogP contribution in [0.5, 0.6) is 0 Å². The Morgan fingerprint density at radius 3 is 2.45 bits per heavy atom. The van der Waals surface area contributed by atoms with Gasteiger partial charge in [0.1, 0.15) is 11.5 Å². The Kier molecular flexibility index (Phi) is 8.57. The predicted octanol–water partition coefficient (Wildman–Crippen LogP) is 4.81. The number of aromatic nitrogens is 3. The van der Waals surface area contributed by atoms with E-state index in [4.69, 9.17) is 28.9 Å². The van der Waals surface area contributed by atoms with Crippen LogP contribution in [0.25, 0.3) is 11.3 Å². The number of anilines is 4. The lowest BCUT2D eigenvalue weighted by molar-refractivity contribution is -0.384. The van der Waals surface area contributed by atoms with Crippen LogP contribution in [0, 0.1) is 10.1 Å². The number of carbonyl (C=O) groups is 2. The molecule has 0 radical (unpaired) electrons. The molecule has 0 unspecified atom stereocenters. The van der Waals surface area contributed by atoms with E-state index in [1.165, 1.54) is 48.7 Å². The molecule has 0 spiro atoms. The molecule has 0 saturated carbocycles. The van der Waals surface area contributed by atoms with Crippen LogP contribution < -0.4 is 21.7 Å². The standard InChI is InChI=1S/C25H20Cl2N8O5/c26-15-4-5-16(17(27)11-15)21-18(32-23(36)13-2-1-3-14(10-13)24(37)38)12-31-25(34-21)30-9-8-29-20-7-6-19(35(39)40)22(28)33-20/h1-7,10-12H,8-9H2,(H,32,36)(H,37,38)(H3,28,29,33)(H,30,31,34). The summed E-state index contributed by atoms with van der Waals surface area (Å²) in [5.41, 5.74) is 6.40. The molecule has 0 aliphatic rings. The molecular weight excluding hydrogens is 563 g/mol. The topological polar surface area (TPSA) is 198 Å². The monoisotopic (exact) mass is 582 g/mol. The number of nitro groups is 1. The van der Waals surface area contributed by atoms with Crippen molar-refractivity contribution >= 4 is 64.0 Å². The highest BCUT2D eigenvalue weighted by Gasteiger charge is 2.17. The second-order valence-electron chi connectivity index (χ2n) is 8.13. The third-order valence-electron chi connectivity index (χ3n) is 5.41. The minimum absolute atomic E-state index is 0.0374. The first-order chi connectivity index (χ1) is 19.1. The van der Waals surface area contributed by atoms with E-state index >= 15 is 0 Å². The predicted molar refractivity (Wildman–Crippen MR) is 151 cm³/mol. The maximum Gasteiger partial charge on any atom is 0.335 e. The Balaban J connectivity index is 1.52. The van der Waals surface area contributed by atoms with E-state index in [0.29, 0.717) is 35.2 Å². The number of carboxylic acids is 1. The van der Waals surface area contributed by atoms with Gasteiger partial charge in [-0.3, -0.25) is 14.9 Å². The summed E-state index contributed by atoms with van der Waals surface area (Å²) >= 11 is 12.5. The Bertz CT molecular complexity index is 1620. The van der Waals surface area contributed by atoms with Gasteiger partial charge in [0.05, 0.1) is 27.4 Å². The summed E-state index contributed by atoms with van der Waals surface area (Å²) in [6.07, 6.45) is 1.39. The summed E-state index contributed by atoms with van der Waals surface area (Å²) in [4.78, 5) is 47.2. The van der Waals surface area contributed by atoms with Gasteiger partial charge in [0.25, 0.3) is 5.91 Å². The first kappa shape index (κ1) is 28.0. The Morgan fingerprint density at radius 2 is 1.75 bits per heavy atom. The van der Waals surface area contributed by atoms with Crippen LogP contribution in [0.15, 0.2) is 60.8 Å². The molecule has 4 rings (SSSR count). The molecule has 1 amide bonds. The van der Waals surface area contributed by atoms with Crippen molar-refractivity contribution in [1.29, 1.82) is 0 Å². The van der Waals surface area contributed by atoms with Gasteiger partial charge < -0.3 is 26.8 Å². The molecule has 0 aliphatic heterocycles. The maximum absolute atomic E-state index is 12.9. The van der Waals surface area contributed by atoms with Crippen LogP contribution in [0.4, 0.5) is 29.0 Å². The van der Waals surface area contributed by atoms with Gasteiger partial charge in [0.15, 0.2) is 0 Å². The average Bonchev–Trinajstić information content (AvgIpc) is 2.92. The van der Waals surface area contributed by atoms with Crippen LogP contribution >= 0.6 is 23.2 Å². The van der Waals surface area contributed by atoms with Gasteiger partial charge in [-0.15, -0.1) is 0 Å². The van der Waals surface area contributed by atoms with Gasteiger partial charge in [0, 0.05) is 35.3 Å². The Hall–Kier alpha value is -5.01. The van der Waals surface area contributed by atoms with Gasteiger partial charge in [0.2, 0.25) is 11.8 Å². The molecule has 0 fully saturated rings. The number of amides is 1. The molecule has 204 valence electrons. The third kappa shape index (κ3) is 6.70. The van der Waals surface area contributed by atoms with Gasteiger partial charge in [-0.1, -0.05) is 29.3 Å². The van der Waals surface area contributed by atoms with E-state index in [-0.39, 0.29) is 39.3 Å². The molecule has 4 aromatic rings. The van der Waals surface area contributed by atoms with Crippen molar-refractivity contribution in [2.45, 2.75) is 0 Å². The number of hydrogen-bond donors (Lipinski definition) is 5. The average molecular weight is 583 g/mol. The number of nitrogens with zero attached hydrogens (tertiary/aromatic N) is 4. The normalized spacial score (nSPS) is 10.6. The molecule has 0 atom stereocenters. The molecule has 0 aliphatic carbocycles. The molecule has 15 heteroatoms. The number of carbonyl (C=O) groups excluding carboxylic acids is 1. The lowest BCUT2D eigenvalue weighted by atomic mass is 10.1. The zero-order valence-corrected chi connectivity index (χ0v) is 21.9. The molecule has 2 aromatic heterocycles. The first-order valence-corrected chi connectivity index (χ1v) is 12.2. The van der Waals surface area contributed by atoms with E-state index in [0.717, 1.165) is 0 Å². The van der Waals surface area contributed by atoms with Crippen molar-refractivity contribution in [3.8, 4) is 11.3 Å². The number of nitrogens with one attached hydrogen (secondary N) is 3. The summed E-state index contributed by atoms with van der Waals surface area (Å²) in [5, 5.41) is 29.5. The Morgan fingerprint density at radius 1 is 1.00 bits per heavy atom. The Labute approximate surface area is 236 Å². The lowest BCUT2D eigenvalue weighted by Gasteiger charge is -2.14. The van der Waals surface area contributed by atoms with Gasteiger partial charge in [-0.25, -0.2) is 19.7 Å². The van der Waals surface area contributed by atoms with E-state index in [2.05, 4.69) is 30.9 Å². The summed E-state index contributed by atoms with van der Waals surface area (Å²) in [6, 6.07) is 13.1. The van der Waals surface area contributed by atoms with E-state index in [1.807, 2.05) is 0 Å². The van der Waals surface area contributed by atoms with Crippen LogP contribution in [-0.4, -0.2) is 49.9 Å². The molecule has 0 saturated heterocycles. The number of nitrogens with two attached hydrogens (primary N) is 1. The van der Waals surface area contributed by atoms with Crippen LogP contribution in [0.1, 0.15) is 20.7 Å². The smallest absolute Gasteiger partial charge is 0.335 e. The second kappa shape index (κ2) is 12.2. The highest BCUT2D eigenvalue weighted by Crippen LogP contribution is 2.34. The van der Waals surface area contributed by atoms with E-state index < -0.39 is 16.8 Å². The van der Waals surface area contributed by atoms with Crippen molar-refractivity contribution in [2.75, 3.05) is 34.8 Å². The highest BCUT2D eigenvalue weighted by molar-refractivity contribution is 6.36. The summed E-state index contributed by atoms with van der Waals surface area (Å²) < 4.78 is 0. The number of rotatable bonds is 10. The summed E-state index contributed by atoms with van der Waals surface area (Å²) in [5.74, 6) is -1.38. The fraction of sp³-hybridized carbons (Fsp3) is 0.0800. The van der Waals surface area contributed by atoms with Gasteiger partial charge in [-0.05, 0) is 42.5 Å². The maximum atomic E-state index is 12.9. The zero-order valence-electron chi connectivity index (χ0n) is 20.4. The molecule has 2 aromatic carbocycles. The van der Waals surface area contributed by atoms with Gasteiger partial charge in [-0.2, -0.15) is 0 Å². The van der Waals surface area contributed by atoms with Crippen molar-refractivity contribution < 1.29 is 19.6 Å². The van der Waals surface area contributed by atoms with E-state index in [9.17, 15) is 24.8 Å². The minimum atomic E-state index is -1.16. The zero-order chi connectivity index (χ0) is 28.8. The third-order valence-corrected chi connectivity index (χ3v) is 5.96. The number of pyridine rings is 1. The minimum Gasteiger partial charge on any atom is -0.478 e. The van der Waals surface area contributed by atoms with Crippen LogP contribution in [-0.2, 0) is 0 Å².